The molecule has 0 aromatic heterocycles. The Bertz CT molecular complexity index is 558. The van der Waals surface area contributed by atoms with Crippen molar-refractivity contribution in [2.75, 3.05) is 14.1 Å². The number of rotatable bonds is 2. The van der Waals surface area contributed by atoms with Crippen LogP contribution in [0.4, 0.5) is 0 Å². The number of likely N-dealkylation sites (N-methyl/N-ethyl adjacent to an activating group) is 1. The molecule has 0 spiro atoms. The highest BCUT2D eigenvalue weighted by atomic mass is 16.3. The van der Waals surface area contributed by atoms with Crippen LogP contribution in [0.1, 0.15) is 39.5 Å². The van der Waals surface area contributed by atoms with Gasteiger partial charge in [-0.2, -0.15) is 0 Å². The van der Waals surface area contributed by atoms with Crippen molar-refractivity contribution < 1.29 is 5.11 Å². The number of aliphatic hydroxyl groups excluding tert-OH is 1. The standard InChI is InChI=1S/C21H34N2O/c1-20-9-7-14(24)11-13(20)12-17(22-3)19-15-5-6-18(23-4)21(15,2)10-8-16(19)20/h5-7,9,13-19,22-24H,8,10-12H2,1-4H3/t13?,14?,15-,16+,17?,18?,19-,20-,21-/m0/s1. The highest BCUT2D eigenvalue weighted by molar-refractivity contribution is 5.25. The lowest BCUT2D eigenvalue weighted by molar-refractivity contribution is -0.0881. The summed E-state index contributed by atoms with van der Waals surface area (Å²) in [4.78, 5) is 0. The lowest BCUT2D eigenvalue weighted by Gasteiger charge is -2.61. The van der Waals surface area contributed by atoms with Gasteiger partial charge in [0.1, 0.15) is 0 Å². The Kier molecular flexibility index (Phi) is 3.98. The molecule has 3 heteroatoms. The Balaban J connectivity index is 1.73. The first-order chi connectivity index (χ1) is 11.4. The molecule has 134 valence electrons. The minimum Gasteiger partial charge on any atom is -0.389 e. The van der Waals surface area contributed by atoms with Crippen molar-refractivity contribution in [3.63, 3.8) is 0 Å². The molecule has 0 saturated heterocycles. The molecular formula is C21H34N2O. The fourth-order valence-electron chi connectivity index (χ4n) is 6.99. The second kappa shape index (κ2) is 5.69. The Labute approximate surface area is 147 Å². The molecular weight excluding hydrogens is 296 g/mol. The van der Waals surface area contributed by atoms with Gasteiger partial charge >= 0.3 is 0 Å². The maximum Gasteiger partial charge on any atom is 0.0724 e. The summed E-state index contributed by atoms with van der Waals surface area (Å²) in [6.07, 6.45) is 13.9. The van der Waals surface area contributed by atoms with E-state index in [0.29, 0.717) is 35.3 Å². The van der Waals surface area contributed by atoms with Gasteiger partial charge in [0.25, 0.3) is 0 Å². The Hall–Kier alpha value is -0.640. The van der Waals surface area contributed by atoms with Crippen molar-refractivity contribution in [1.29, 1.82) is 0 Å². The summed E-state index contributed by atoms with van der Waals surface area (Å²) in [6.45, 7) is 4.97. The monoisotopic (exact) mass is 330 g/mol. The number of aliphatic hydroxyl groups is 1. The Morgan fingerprint density at radius 3 is 2.54 bits per heavy atom. The number of hydrogen-bond donors (Lipinski definition) is 3. The Morgan fingerprint density at radius 2 is 1.83 bits per heavy atom. The molecule has 2 saturated carbocycles. The maximum atomic E-state index is 10.1. The van der Waals surface area contributed by atoms with Gasteiger partial charge in [0.15, 0.2) is 0 Å². The summed E-state index contributed by atoms with van der Waals surface area (Å²) >= 11 is 0. The van der Waals surface area contributed by atoms with E-state index in [9.17, 15) is 5.11 Å². The van der Waals surface area contributed by atoms with Crippen molar-refractivity contribution in [3.05, 3.63) is 24.3 Å². The average Bonchev–Trinajstić information content (AvgIpc) is 2.91. The summed E-state index contributed by atoms with van der Waals surface area (Å²) in [7, 11) is 4.24. The fraction of sp³-hybridized carbons (Fsp3) is 0.810. The molecule has 9 atom stereocenters. The van der Waals surface area contributed by atoms with Crippen molar-refractivity contribution in [2.24, 2.45) is 34.5 Å². The third-order valence-electron chi connectivity index (χ3n) is 8.42. The normalized spacial score (nSPS) is 55.8. The molecule has 3 N–H and O–H groups in total. The zero-order chi connectivity index (χ0) is 17.1. The van der Waals surface area contributed by atoms with E-state index in [2.05, 4.69) is 62.9 Å². The van der Waals surface area contributed by atoms with Gasteiger partial charge in [-0.1, -0.05) is 38.2 Å². The Morgan fingerprint density at radius 1 is 1.04 bits per heavy atom. The number of fused-ring (bicyclic) bond motifs is 5. The van der Waals surface area contributed by atoms with Crippen LogP contribution in [-0.4, -0.2) is 37.4 Å². The van der Waals surface area contributed by atoms with Crippen LogP contribution < -0.4 is 10.6 Å². The largest absolute Gasteiger partial charge is 0.389 e. The van der Waals surface area contributed by atoms with Crippen molar-refractivity contribution in [1.82, 2.24) is 10.6 Å². The lowest BCUT2D eigenvalue weighted by Crippen LogP contribution is -2.61. The van der Waals surface area contributed by atoms with Crippen LogP contribution in [-0.2, 0) is 0 Å². The van der Waals surface area contributed by atoms with E-state index >= 15 is 0 Å². The van der Waals surface area contributed by atoms with Gasteiger partial charge in [-0.15, -0.1) is 0 Å². The molecule has 2 fully saturated rings. The van der Waals surface area contributed by atoms with Crippen molar-refractivity contribution >= 4 is 0 Å². The summed E-state index contributed by atoms with van der Waals surface area (Å²) in [5, 5.41) is 17.4. The van der Waals surface area contributed by atoms with Crippen molar-refractivity contribution in [3.8, 4) is 0 Å². The first-order valence-corrected chi connectivity index (χ1v) is 9.84. The molecule has 0 amide bonds. The van der Waals surface area contributed by atoms with Gasteiger partial charge in [0, 0.05) is 12.1 Å². The van der Waals surface area contributed by atoms with Crippen LogP contribution in [0, 0.1) is 34.5 Å². The number of hydrogen-bond acceptors (Lipinski definition) is 3. The predicted molar refractivity (Wildman–Crippen MR) is 98.6 cm³/mol. The van der Waals surface area contributed by atoms with Crippen LogP contribution in [0.25, 0.3) is 0 Å². The topological polar surface area (TPSA) is 44.3 Å². The van der Waals surface area contributed by atoms with Gasteiger partial charge in [-0.05, 0) is 74.3 Å². The highest BCUT2D eigenvalue weighted by Crippen LogP contribution is 2.63. The second-order valence-electron chi connectivity index (χ2n) is 9.26. The molecule has 4 aliphatic carbocycles. The van der Waals surface area contributed by atoms with E-state index < -0.39 is 0 Å². The summed E-state index contributed by atoms with van der Waals surface area (Å²) in [6, 6.07) is 1.08. The lowest BCUT2D eigenvalue weighted by atomic mass is 9.45. The molecule has 4 rings (SSSR count). The smallest absolute Gasteiger partial charge is 0.0724 e. The quantitative estimate of drug-likeness (QED) is 0.682. The molecule has 3 nitrogen and oxygen atoms in total. The predicted octanol–water partition coefficient (Wildman–Crippen LogP) is 2.73. The third kappa shape index (κ3) is 2.14. The van der Waals surface area contributed by atoms with Crippen LogP contribution in [0.3, 0.4) is 0 Å². The second-order valence-corrected chi connectivity index (χ2v) is 9.26. The molecule has 0 aliphatic heterocycles. The zero-order valence-corrected chi connectivity index (χ0v) is 15.6. The number of allylic oxidation sites excluding steroid dienone is 2. The molecule has 4 aliphatic rings. The third-order valence-corrected chi connectivity index (χ3v) is 8.42. The van der Waals surface area contributed by atoms with Crippen LogP contribution in [0.15, 0.2) is 24.3 Å². The summed E-state index contributed by atoms with van der Waals surface area (Å²) in [5.74, 6) is 2.68. The zero-order valence-electron chi connectivity index (χ0n) is 15.6. The average molecular weight is 331 g/mol. The molecule has 0 aromatic carbocycles. The summed E-state index contributed by atoms with van der Waals surface area (Å²) < 4.78 is 0. The van der Waals surface area contributed by atoms with E-state index in [-0.39, 0.29) is 11.5 Å². The SMILES string of the molecule is CNC1CC2CC(O)C=C[C@]2(C)[C@@H]2CC[C@]3(C)C(NC)C=C[C@H]3[C@H]12. The van der Waals surface area contributed by atoms with Crippen molar-refractivity contribution in [2.45, 2.75) is 57.7 Å². The molecule has 0 aromatic rings. The van der Waals surface area contributed by atoms with Gasteiger partial charge in [0.2, 0.25) is 0 Å². The first-order valence-electron chi connectivity index (χ1n) is 9.84. The van der Waals surface area contributed by atoms with Crippen LogP contribution in [0.5, 0.6) is 0 Å². The van der Waals surface area contributed by atoms with Gasteiger partial charge in [-0.25, -0.2) is 0 Å². The van der Waals surface area contributed by atoms with Crippen LogP contribution >= 0.6 is 0 Å². The number of nitrogens with one attached hydrogen (secondary N) is 2. The van der Waals surface area contributed by atoms with Gasteiger partial charge in [0.05, 0.1) is 6.10 Å². The highest BCUT2D eigenvalue weighted by Gasteiger charge is 2.60. The molecule has 0 radical (unpaired) electrons. The van der Waals surface area contributed by atoms with E-state index in [4.69, 9.17) is 0 Å². The molecule has 0 heterocycles. The fourth-order valence-corrected chi connectivity index (χ4v) is 6.99. The van der Waals surface area contributed by atoms with E-state index in [0.717, 1.165) is 12.3 Å². The maximum absolute atomic E-state index is 10.1. The van der Waals surface area contributed by atoms with E-state index in [1.54, 1.807) is 0 Å². The first kappa shape index (κ1) is 16.8. The molecule has 0 bridgehead atoms. The van der Waals surface area contributed by atoms with E-state index in [1.807, 2.05) is 0 Å². The minimum absolute atomic E-state index is 0.244. The van der Waals surface area contributed by atoms with Gasteiger partial charge in [-0.3, -0.25) is 0 Å². The van der Waals surface area contributed by atoms with Gasteiger partial charge < -0.3 is 15.7 Å². The molecule has 24 heavy (non-hydrogen) atoms. The van der Waals surface area contributed by atoms with E-state index in [1.165, 1.54) is 19.3 Å². The van der Waals surface area contributed by atoms with Crippen LogP contribution in [0.2, 0.25) is 0 Å². The molecule has 4 unspecified atom stereocenters. The minimum atomic E-state index is -0.244. The summed E-state index contributed by atoms with van der Waals surface area (Å²) in [5.41, 5.74) is 0.607.